The van der Waals surface area contributed by atoms with Gasteiger partial charge >= 0.3 is 0 Å². The lowest BCUT2D eigenvalue weighted by Gasteiger charge is -2.15. The van der Waals surface area contributed by atoms with Gasteiger partial charge < -0.3 is 9.84 Å². The summed E-state index contributed by atoms with van der Waals surface area (Å²) in [4.78, 5) is 12.3. The Hall–Kier alpha value is -2.88. The normalized spacial score (nSPS) is 12.0. The van der Waals surface area contributed by atoms with Gasteiger partial charge in [-0.15, -0.1) is 0 Å². The van der Waals surface area contributed by atoms with Crippen LogP contribution in [0, 0.1) is 13.8 Å². The number of hydrogen-bond donors (Lipinski definition) is 1. The van der Waals surface area contributed by atoms with Gasteiger partial charge in [0, 0.05) is 5.56 Å². The minimum absolute atomic E-state index is 0.0333. The van der Waals surface area contributed by atoms with Gasteiger partial charge in [0.05, 0.1) is 18.2 Å². The molecular weight excluding hydrogens is 312 g/mol. The fourth-order valence-electron chi connectivity index (χ4n) is 2.89. The Morgan fingerprint density at radius 3 is 2.28 bits per heavy atom. The summed E-state index contributed by atoms with van der Waals surface area (Å²) in [5.74, 6) is 0.668. The first-order chi connectivity index (χ1) is 12.0. The van der Waals surface area contributed by atoms with Gasteiger partial charge in [-0.2, -0.15) is 0 Å². The molecule has 128 valence electrons. The summed E-state index contributed by atoms with van der Waals surface area (Å²) < 4.78 is 5.11. The van der Waals surface area contributed by atoms with Crippen molar-refractivity contribution in [2.45, 2.75) is 33.2 Å². The third kappa shape index (κ3) is 3.97. The number of benzene rings is 2. The lowest BCUT2D eigenvalue weighted by Crippen LogP contribution is -2.28. The zero-order valence-electron chi connectivity index (χ0n) is 14.7. The quantitative estimate of drug-likeness (QED) is 0.753. The second-order valence-electron chi connectivity index (χ2n) is 6.26. The third-order valence-electron chi connectivity index (χ3n) is 4.41. The highest BCUT2D eigenvalue weighted by Crippen LogP contribution is 2.22. The SMILES string of the molecule is Cc1noc(C)c1CC(=O)N[C@H](C)c1ccc(-c2ccccc2)cc1. The van der Waals surface area contributed by atoms with Crippen molar-refractivity contribution in [3.05, 3.63) is 77.2 Å². The summed E-state index contributed by atoms with van der Waals surface area (Å²) in [6, 6.07) is 18.5. The van der Waals surface area contributed by atoms with Crippen molar-refractivity contribution in [1.29, 1.82) is 0 Å². The molecule has 3 rings (SSSR count). The first-order valence-corrected chi connectivity index (χ1v) is 8.41. The van der Waals surface area contributed by atoms with E-state index in [-0.39, 0.29) is 18.4 Å². The van der Waals surface area contributed by atoms with E-state index in [9.17, 15) is 4.79 Å². The summed E-state index contributed by atoms with van der Waals surface area (Å²) in [5.41, 5.74) is 5.06. The van der Waals surface area contributed by atoms with Crippen LogP contribution in [-0.4, -0.2) is 11.1 Å². The number of nitrogens with zero attached hydrogens (tertiary/aromatic N) is 1. The second kappa shape index (κ2) is 7.34. The first kappa shape index (κ1) is 17.0. The van der Waals surface area contributed by atoms with E-state index < -0.39 is 0 Å². The minimum Gasteiger partial charge on any atom is -0.361 e. The van der Waals surface area contributed by atoms with E-state index in [1.54, 1.807) is 0 Å². The minimum atomic E-state index is -0.0576. The summed E-state index contributed by atoms with van der Waals surface area (Å²) in [5, 5.41) is 6.93. The maximum atomic E-state index is 12.3. The highest BCUT2D eigenvalue weighted by atomic mass is 16.5. The van der Waals surface area contributed by atoms with Gasteiger partial charge in [-0.3, -0.25) is 4.79 Å². The predicted molar refractivity (Wildman–Crippen MR) is 98.1 cm³/mol. The fraction of sp³-hybridized carbons (Fsp3) is 0.238. The molecule has 0 saturated heterocycles. The van der Waals surface area contributed by atoms with Gasteiger partial charge in [-0.05, 0) is 37.5 Å². The van der Waals surface area contributed by atoms with Crippen molar-refractivity contribution in [3.8, 4) is 11.1 Å². The number of amides is 1. The standard InChI is InChI=1S/C21H22N2O2/c1-14(22-21(24)13-20-15(2)23-25-16(20)3)17-9-11-19(12-10-17)18-7-5-4-6-8-18/h4-12,14H,13H2,1-3H3,(H,22,24)/t14-/m1/s1. The molecular formula is C21H22N2O2. The number of aromatic nitrogens is 1. The molecule has 0 fully saturated rings. The van der Waals surface area contributed by atoms with Crippen LogP contribution in [-0.2, 0) is 11.2 Å². The lowest BCUT2D eigenvalue weighted by atomic mass is 10.0. The fourth-order valence-corrected chi connectivity index (χ4v) is 2.89. The van der Waals surface area contributed by atoms with Crippen LogP contribution in [0.5, 0.6) is 0 Å². The molecule has 1 heterocycles. The van der Waals surface area contributed by atoms with Gasteiger partial charge in [0.15, 0.2) is 0 Å². The molecule has 0 aliphatic rings. The van der Waals surface area contributed by atoms with E-state index in [1.807, 2.05) is 39.0 Å². The van der Waals surface area contributed by atoms with Crippen LogP contribution in [0.15, 0.2) is 59.1 Å². The predicted octanol–water partition coefficient (Wildman–Crippen LogP) is 4.38. The van der Waals surface area contributed by atoms with Gasteiger partial charge in [0.25, 0.3) is 0 Å². The Labute approximate surface area is 147 Å². The molecule has 0 bridgehead atoms. The molecule has 1 atom stereocenters. The van der Waals surface area contributed by atoms with Crippen molar-refractivity contribution in [3.63, 3.8) is 0 Å². The molecule has 0 saturated carbocycles. The van der Waals surface area contributed by atoms with Crippen molar-refractivity contribution in [2.24, 2.45) is 0 Å². The molecule has 25 heavy (non-hydrogen) atoms. The third-order valence-corrected chi connectivity index (χ3v) is 4.41. The van der Waals surface area contributed by atoms with E-state index in [2.05, 4.69) is 46.9 Å². The molecule has 0 spiro atoms. The molecule has 1 amide bonds. The summed E-state index contributed by atoms with van der Waals surface area (Å²) >= 11 is 0. The maximum Gasteiger partial charge on any atom is 0.225 e. The Kier molecular flexibility index (Phi) is 4.98. The number of rotatable bonds is 5. The largest absolute Gasteiger partial charge is 0.361 e. The average Bonchev–Trinajstić information content (AvgIpc) is 2.94. The number of aryl methyl sites for hydroxylation is 2. The van der Waals surface area contributed by atoms with E-state index >= 15 is 0 Å². The topological polar surface area (TPSA) is 55.1 Å². The molecule has 0 unspecified atom stereocenters. The number of nitrogens with one attached hydrogen (secondary N) is 1. The molecule has 1 aromatic heterocycles. The van der Waals surface area contributed by atoms with E-state index in [1.165, 1.54) is 11.1 Å². The lowest BCUT2D eigenvalue weighted by molar-refractivity contribution is -0.121. The Balaban J connectivity index is 1.65. The number of hydrogen-bond acceptors (Lipinski definition) is 3. The van der Waals surface area contributed by atoms with E-state index in [0.29, 0.717) is 5.76 Å². The van der Waals surface area contributed by atoms with Gasteiger partial charge in [0.2, 0.25) is 5.91 Å². The van der Waals surface area contributed by atoms with Crippen LogP contribution in [0.4, 0.5) is 0 Å². The highest BCUT2D eigenvalue weighted by Gasteiger charge is 2.15. The molecule has 2 aromatic carbocycles. The Morgan fingerprint density at radius 1 is 1.04 bits per heavy atom. The van der Waals surface area contributed by atoms with Crippen LogP contribution in [0.1, 0.15) is 35.5 Å². The van der Waals surface area contributed by atoms with E-state index in [0.717, 1.165) is 16.8 Å². The van der Waals surface area contributed by atoms with Crippen molar-refractivity contribution >= 4 is 5.91 Å². The van der Waals surface area contributed by atoms with Crippen molar-refractivity contribution in [2.75, 3.05) is 0 Å². The molecule has 0 radical (unpaired) electrons. The Morgan fingerprint density at radius 2 is 1.68 bits per heavy atom. The molecule has 0 aliphatic heterocycles. The summed E-state index contributed by atoms with van der Waals surface area (Å²) in [7, 11) is 0. The average molecular weight is 334 g/mol. The van der Waals surface area contributed by atoms with Crippen LogP contribution in [0.2, 0.25) is 0 Å². The van der Waals surface area contributed by atoms with Crippen LogP contribution >= 0.6 is 0 Å². The first-order valence-electron chi connectivity index (χ1n) is 8.41. The van der Waals surface area contributed by atoms with Gasteiger partial charge in [0.1, 0.15) is 5.76 Å². The molecule has 4 heteroatoms. The molecule has 4 nitrogen and oxygen atoms in total. The molecule has 3 aromatic rings. The number of carbonyl (C=O) groups is 1. The molecule has 1 N–H and O–H groups in total. The van der Waals surface area contributed by atoms with Crippen LogP contribution in [0.3, 0.4) is 0 Å². The van der Waals surface area contributed by atoms with E-state index in [4.69, 9.17) is 4.52 Å². The van der Waals surface area contributed by atoms with Gasteiger partial charge in [-0.1, -0.05) is 59.8 Å². The van der Waals surface area contributed by atoms with Crippen molar-refractivity contribution < 1.29 is 9.32 Å². The second-order valence-corrected chi connectivity index (χ2v) is 6.26. The zero-order chi connectivity index (χ0) is 17.8. The van der Waals surface area contributed by atoms with Crippen LogP contribution < -0.4 is 5.32 Å². The highest BCUT2D eigenvalue weighted by molar-refractivity contribution is 5.79. The van der Waals surface area contributed by atoms with Crippen LogP contribution in [0.25, 0.3) is 11.1 Å². The maximum absolute atomic E-state index is 12.3. The summed E-state index contributed by atoms with van der Waals surface area (Å²) in [6.07, 6.45) is 0.285. The Bertz CT molecular complexity index is 832. The molecule has 0 aliphatic carbocycles. The zero-order valence-corrected chi connectivity index (χ0v) is 14.7. The van der Waals surface area contributed by atoms with Crippen molar-refractivity contribution in [1.82, 2.24) is 10.5 Å². The van der Waals surface area contributed by atoms with Gasteiger partial charge in [-0.25, -0.2) is 0 Å². The summed E-state index contributed by atoms with van der Waals surface area (Å²) in [6.45, 7) is 5.67. The number of carbonyl (C=O) groups excluding carboxylic acids is 1. The smallest absolute Gasteiger partial charge is 0.225 e. The monoisotopic (exact) mass is 334 g/mol.